The molecular weight excluding hydrogens is 548 g/mol. The first kappa shape index (κ1) is 21.9. The van der Waals surface area contributed by atoms with E-state index >= 15 is 0 Å². The molecule has 0 atom stereocenters. The lowest BCUT2D eigenvalue weighted by Gasteiger charge is -2.09. The van der Waals surface area contributed by atoms with Crippen molar-refractivity contribution >= 4 is 84.0 Å². The number of hydrogen-bond donors (Lipinski definition) is 2. The Labute approximate surface area is 192 Å². The smallest absolute Gasteiger partial charge is 0.341 e. The summed E-state index contributed by atoms with van der Waals surface area (Å²) >= 11 is 14.1. The van der Waals surface area contributed by atoms with Gasteiger partial charge >= 0.3 is 5.97 Å². The van der Waals surface area contributed by atoms with E-state index in [0.717, 1.165) is 11.1 Å². The zero-order valence-corrected chi connectivity index (χ0v) is 19.6. The number of carboxylic acid groups (broad SMARTS) is 1. The predicted molar refractivity (Wildman–Crippen MR) is 122 cm³/mol. The fourth-order valence-corrected chi connectivity index (χ4v) is 4.85. The van der Waals surface area contributed by atoms with Gasteiger partial charge in [-0.15, -0.1) is 0 Å². The van der Waals surface area contributed by atoms with Crippen molar-refractivity contribution in [3.63, 3.8) is 0 Å². The molecule has 0 radical (unpaired) electrons. The molecule has 2 aromatic rings. The van der Waals surface area contributed by atoms with Gasteiger partial charge in [-0.25, -0.2) is 9.79 Å². The molecule has 1 aliphatic rings. The Balaban J connectivity index is 1.84. The van der Waals surface area contributed by atoms with Gasteiger partial charge in [-0.1, -0.05) is 17.7 Å². The maximum atomic E-state index is 12.3. The van der Waals surface area contributed by atoms with Crippen LogP contribution in [0.4, 0.5) is 5.69 Å². The van der Waals surface area contributed by atoms with Crippen LogP contribution in [0.1, 0.15) is 11.1 Å². The molecule has 6 nitrogen and oxygen atoms in total. The number of carbonyl (C=O) groups is 2. The van der Waals surface area contributed by atoms with Crippen molar-refractivity contribution in [1.82, 2.24) is 5.32 Å². The maximum Gasteiger partial charge on any atom is 0.341 e. The number of thioether (sulfide) groups is 1. The van der Waals surface area contributed by atoms with Gasteiger partial charge in [0, 0.05) is 5.02 Å². The van der Waals surface area contributed by atoms with Crippen LogP contribution in [0.2, 0.25) is 5.02 Å². The normalized spacial score (nSPS) is 16.3. The van der Waals surface area contributed by atoms with Crippen LogP contribution in [-0.2, 0) is 9.59 Å². The number of amides is 1. The van der Waals surface area contributed by atoms with E-state index in [4.69, 9.17) is 21.4 Å². The third kappa shape index (κ3) is 5.42. The quantitative estimate of drug-likeness (QED) is 0.470. The highest BCUT2D eigenvalue weighted by Gasteiger charge is 2.24. The lowest BCUT2D eigenvalue weighted by molar-refractivity contribution is -0.139. The second-order valence-corrected chi connectivity index (χ2v) is 9.01. The molecule has 1 saturated heterocycles. The van der Waals surface area contributed by atoms with Gasteiger partial charge in [0.05, 0.1) is 19.5 Å². The number of aliphatic imine (C=N–C) groups is 1. The van der Waals surface area contributed by atoms with Crippen LogP contribution >= 0.6 is 55.2 Å². The molecule has 150 valence electrons. The summed E-state index contributed by atoms with van der Waals surface area (Å²) in [5, 5.41) is 12.6. The minimum absolute atomic E-state index is 0.258. The zero-order chi connectivity index (χ0) is 21.1. The van der Waals surface area contributed by atoms with E-state index in [-0.39, 0.29) is 5.91 Å². The highest BCUT2D eigenvalue weighted by Crippen LogP contribution is 2.37. The third-order valence-corrected chi connectivity index (χ3v) is 6.27. The maximum absolute atomic E-state index is 12.3. The average Bonchev–Trinajstić information content (AvgIpc) is 2.97. The van der Waals surface area contributed by atoms with Crippen molar-refractivity contribution in [2.45, 2.75) is 6.92 Å². The number of nitrogens with zero attached hydrogens (tertiary/aromatic N) is 1. The summed E-state index contributed by atoms with van der Waals surface area (Å²) in [7, 11) is 0. The first-order chi connectivity index (χ1) is 13.7. The van der Waals surface area contributed by atoms with E-state index in [9.17, 15) is 9.59 Å². The van der Waals surface area contributed by atoms with Crippen LogP contribution in [0.25, 0.3) is 6.08 Å². The number of carbonyl (C=O) groups excluding carboxylic acids is 1. The number of halogens is 3. The van der Waals surface area contributed by atoms with Crippen LogP contribution in [0.3, 0.4) is 0 Å². The molecular formula is C19H13Br2ClN2O4S. The number of ether oxygens (including phenoxy) is 1. The summed E-state index contributed by atoms with van der Waals surface area (Å²) in [5.41, 5.74) is 2.25. The number of benzene rings is 2. The van der Waals surface area contributed by atoms with Crippen LogP contribution < -0.4 is 10.1 Å². The topological polar surface area (TPSA) is 88.0 Å². The number of aliphatic carboxylic acids is 1. The number of carboxylic acids is 1. The molecule has 2 aromatic carbocycles. The largest absolute Gasteiger partial charge is 0.480 e. The van der Waals surface area contributed by atoms with Gasteiger partial charge in [-0.3, -0.25) is 4.79 Å². The Hall–Kier alpha value is -1.81. The summed E-state index contributed by atoms with van der Waals surface area (Å²) in [6, 6.07) is 8.88. The zero-order valence-electron chi connectivity index (χ0n) is 14.8. The standard InChI is InChI=1S/C19H13Br2ClN2O4S/c1-9-13(22)3-2-4-14(9)23-19-24-18(27)15(29-19)7-10-5-11(20)17(12(21)6-10)28-8-16(25)26/h2-7H,8H2,1H3,(H,25,26)(H,23,24,27)/b15-7+. The molecule has 0 aromatic heterocycles. The molecule has 0 aliphatic carbocycles. The lowest BCUT2D eigenvalue weighted by Crippen LogP contribution is -2.19. The fraction of sp³-hybridized carbons (Fsp3) is 0.105. The summed E-state index contributed by atoms with van der Waals surface area (Å²) in [5.74, 6) is -0.959. The molecule has 0 saturated carbocycles. The Kier molecular flexibility index (Phi) is 7.05. The summed E-state index contributed by atoms with van der Waals surface area (Å²) in [4.78, 5) is 28.0. The Morgan fingerprint density at radius 2 is 2.03 bits per heavy atom. The van der Waals surface area contributed by atoms with E-state index < -0.39 is 12.6 Å². The van der Waals surface area contributed by atoms with Crippen molar-refractivity contribution in [3.8, 4) is 5.75 Å². The summed E-state index contributed by atoms with van der Waals surface area (Å²) < 4.78 is 6.37. The fourth-order valence-electron chi connectivity index (χ4n) is 2.39. The molecule has 0 bridgehead atoms. The van der Waals surface area contributed by atoms with Crippen molar-refractivity contribution in [3.05, 3.63) is 60.3 Å². The number of rotatable bonds is 5. The van der Waals surface area contributed by atoms with Crippen molar-refractivity contribution in [1.29, 1.82) is 0 Å². The first-order valence-electron chi connectivity index (χ1n) is 8.13. The first-order valence-corrected chi connectivity index (χ1v) is 10.9. The van der Waals surface area contributed by atoms with Gasteiger partial charge in [0.15, 0.2) is 11.8 Å². The molecule has 3 rings (SSSR count). The van der Waals surface area contributed by atoms with Gasteiger partial charge in [0.25, 0.3) is 5.91 Å². The monoisotopic (exact) mass is 558 g/mol. The molecule has 2 N–H and O–H groups in total. The van der Waals surface area contributed by atoms with E-state index in [2.05, 4.69) is 42.2 Å². The number of hydrogen-bond acceptors (Lipinski definition) is 5. The van der Waals surface area contributed by atoms with Crippen LogP contribution in [0.5, 0.6) is 5.75 Å². The van der Waals surface area contributed by atoms with Crippen LogP contribution in [0, 0.1) is 6.92 Å². The minimum Gasteiger partial charge on any atom is -0.480 e. The third-order valence-electron chi connectivity index (χ3n) is 3.77. The van der Waals surface area contributed by atoms with E-state index in [1.807, 2.05) is 13.0 Å². The predicted octanol–water partition coefficient (Wildman–Crippen LogP) is 5.53. The second kappa shape index (κ2) is 9.34. The minimum atomic E-state index is -1.07. The van der Waals surface area contributed by atoms with E-state index in [0.29, 0.717) is 35.5 Å². The van der Waals surface area contributed by atoms with Crippen molar-refractivity contribution in [2.75, 3.05) is 6.61 Å². The van der Waals surface area contributed by atoms with E-state index in [1.165, 1.54) is 11.8 Å². The molecule has 0 spiro atoms. The Bertz CT molecular complexity index is 1050. The molecule has 1 amide bonds. The van der Waals surface area contributed by atoms with Crippen molar-refractivity contribution in [2.24, 2.45) is 4.99 Å². The highest BCUT2D eigenvalue weighted by molar-refractivity contribution is 9.11. The molecule has 1 fully saturated rings. The Morgan fingerprint density at radius 3 is 2.69 bits per heavy atom. The molecule has 1 heterocycles. The van der Waals surface area contributed by atoms with Gasteiger partial charge in [0.1, 0.15) is 5.75 Å². The summed E-state index contributed by atoms with van der Waals surface area (Å²) in [6.45, 7) is 1.40. The van der Waals surface area contributed by atoms with Crippen LogP contribution in [0.15, 0.2) is 49.2 Å². The summed E-state index contributed by atoms with van der Waals surface area (Å²) in [6.07, 6.45) is 1.71. The number of nitrogens with one attached hydrogen (secondary N) is 1. The molecule has 10 heteroatoms. The average molecular weight is 561 g/mol. The molecule has 29 heavy (non-hydrogen) atoms. The van der Waals surface area contributed by atoms with Gasteiger partial charge in [-0.2, -0.15) is 0 Å². The SMILES string of the molecule is Cc1c(Cl)cccc1N=C1NC(=O)/C(=C\c2cc(Br)c(OCC(=O)O)c(Br)c2)S1. The second-order valence-electron chi connectivity index (χ2n) is 5.86. The van der Waals surface area contributed by atoms with Gasteiger partial charge < -0.3 is 15.2 Å². The van der Waals surface area contributed by atoms with Gasteiger partial charge in [-0.05, 0) is 92.0 Å². The van der Waals surface area contributed by atoms with Gasteiger partial charge in [0.2, 0.25) is 0 Å². The van der Waals surface area contributed by atoms with Crippen LogP contribution in [-0.4, -0.2) is 28.8 Å². The van der Waals surface area contributed by atoms with Crippen molar-refractivity contribution < 1.29 is 19.4 Å². The highest BCUT2D eigenvalue weighted by atomic mass is 79.9. The van der Waals surface area contributed by atoms with E-state index in [1.54, 1.807) is 30.3 Å². The Morgan fingerprint density at radius 1 is 1.34 bits per heavy atom. The lowest BCUT2D eigenvalue weighted by atomic mass is 10.2. The number of amidine groups is 1. The molecule has 0 unspecified atom stereocenters. The molecule has 1 aliphatic heterocycles.